The lowest BCUT2D eigenvalue weighted by Gasteiger charge is -2.22. The summed E-state index contributed by atoms with van der Waals surface area (Å²) in [6.45, 7) is 4.96. The summed E-state index contributed by atoms with van der Waals surface area (Å²) in [7, 11) is 1.09. The first-order valence-corrected chi connectivity index (χ1v) is 6.53. The maximum Gasteiger partial charge on any atom is 0.328 e. The van der Waals surface area contributed by atoms with E-state index in [0.717, 1.165) is 7.11 Å². The lowest BCUT2D eigenvalue weighted by Crippen LogP contribution is -2.50. The summed E-state index contributed by atoms with van der Waals surface area (Å²) in [5, 5.41) is 10.8. The van der Waals surface area contributed by atoms with Crippen molar-refractivity contribution in [1.82, 2.24) is 5.32 Å². The number of ether oxygens (including phenoxy) is 2. The molecule has 126 valence electrons. The number of nitrogens with one attached hydrogen (secondary N) is 1. The highest BCUT2D eigenvalue weighted by Gasteiger charge is 2.29. The zero-order valence-electron chi connectivity index (χ0n) is 13.0. The number of methoxy groups -OCH3 is 1. The number of rotatable bonds is 7. The Morgan fingerprint density at radius 1 is 1.18 bits per heavy atom. The molecule has 0 aliphatic carbocycles. The number of esters is 2. The van der Waals surface area contributed by atoms with Gasteiger partial charge in [-0.25, -0.2) is 4.79 Å². The second-order valence-electron chi connectivity index (χ2n) is 5.58. The van der Waals surface area contributed by atoms with Crippen molar-refractivity contribution >= 4 is 23.8 Å². The van der Waals surface area contributed by atoms with Gasteiger partial charge >= 0.3 is 17.9 Å². The summed E-state index contributed by atoms with van der Waals surface area (Å²) in [5.41, 5.74) is 4.63. The van der Waals surface area contributed by atoms with Crippen LogP contribution in [0.1, 0.15) is 33.6 Å². The average molecular weight is 318 g/mol. The molecule has 0 radical (unpaired) electrons. The Balaban J connectivity index is 4.79. The van der Waals surface area contributed by atoms with Crippen LogP contribution in [-0.2, 0) is 28.7 Å². The number of carbonyl (C=O) groups is 4. The topological polar surface area (TPSA) is 145 Å². The third-order valence-electron chi connectivity index (χ3n) is 2.32. The molecule has 0 spiro atoms. The molecule has 0 rings (SSSR count). The lowest BCUT2D eigenvalue weighted by atomic mass is 10.1. The van der Waals surface area contributed by atoms with E-state index < -0.39 is 54.3 Å². The van der Waals surface area contributed by atoms with Crippen LogP contribution in [0, 0.1) is 0 Å². The fourth-order valence-corrected chi connectivity index (χ4v) is 1.44. The first-order valence-electron chi connectivity index (χ1n) is 6.53. The van der Waals surface area contributed by atoms with Crippen molar-refractivity contribution in [2.75, 3.05) is 7.11 Å². The third kappa shape index (κ3) is 8.20. The van der Waals surface area contributed by atoms with Gasteiger partial charge < -0.3 is 25.6 Å². The van der Waals surface area contributed by atoms with Gasteiger partial charge in [-0.3, -0.25) is 14.4 Å². The first kappa shape index (κ1) is 19.8. The van der Waals surface area contributed by atoms with E-state index in [1.165, 1.54) is 0 Å². The third-order valence-corrected chi connectivity index (χ3v) is 2.32. The van der Waals surface area contributed by atoms with Crippen molar-refractivity contribution in [1.29, 1.82) is 0 Å². The van der Waals surface area contributed by atoms with Gasteiger partial charge in [0.2, 0.25) is 5.91 Å². The molecule has 1 amide bonds. The van der Waals surface area contributed by atoms with Gasteiger partial charge in [0.05, 0.1) is 26.0 Å². The van der Waals surface area contributed by atoms with Crippen LogP contribution in [0.4, 0.5) is 0 Å². The molecule has 0 bridgehead atoms. The van der Waals surface area contributed by atoms with E-state index in [1.807, 2.05) is 0 Å². The number of carboxylic acid groups (broad SMARTS) is 1. The second-order valence-corrected chi connectivity index (χ2v) is 5.58. The highest BCUT2D eigenvalue weighted by molar-refractivity contribution is 5.91. The van der Waals surface area contributed by atoms with Gasteiger partial charge in [0, 0.05) is 0 Å². The summed E-state index contributed by atoms with van der Waals surface area (Å²) in [6, 6.07) is -2.64. The van der Waals surface area contributed by atoms with Crippen LogP contribution in [0.15, 0.2) is 0 Å². The van der Waals surface area contributed by atoms with Crippen molar-refractivity contribution in [3.8, 4) is 0 Å². The molecule has 22 heavy (non-hydrogen) atoms. The van der Waals surface area contributed by atoms with E-state index in [2.05, 4.69) is 10.1 Å². The zero-order valence-corrected chi connectivity index (χ0v) is 13.0. The molecule has 0 aliphatic rings. The normalized spacial score (nSPS) is 13.7. The van der Waals surface area contributed by atoms with E-state index >= 15 is 0 Å². The fourth-order valence-electron chi connectivity index (χ4n) is 1.44. The Kier molecular flexibility index (Phi) is 7.51. The quantitative estimate of drug-likeness (QED) is 0.516. The number of carboxylic acids is 1. The molecule has 9 nitrogen and oxygen atoms in total. The van der Waals surface area contributed by atoms with Crippen molar-refractivity contribution in [2.45, 2.75) is 51.3 Å². The van der Waals surface area contributed by atoms with Crippen LogP contribution in [-0.4, -0.2) is 53.7 Å². The SMILES string of the molecule is COC(=O)[C@@H](CC(=O)OC(C)(C)C)NC(=O)[C@H](N)CC(=O)O. The Hall–Kier alpha value is -2.16. The summed E-state index contributed by atoms with van der Waals surface area (Å²) < 4.78 is 9.53. The Morgan fingerprint density at radius 2 is 1.73 bits per heavy atom. The molecule has 0 saturated carbocycles. The van der Waals surface area contributed by atoms with Crippen LogP contribution in [0.2, 0.25) is 0 Å². The van der Waals surface area contributed by atoms with Crippen LogP contribution >= 0.6 is 0 Å². The van der Waals surface area contributed by atoms with Crippen molar-refractivity contribution in [2.24, 2.45) is 5.73 Å². The molecule has 0 saturated heterocycles. The molecule has 9 heteroatoms. The summed E-state index contributed by atoms with van der Waals surface area (Å²) in [5.74, 6) is -3.71. The van der Waals surface area contributed by atoms with Crippen LogP contribution in [0.3, 0.4) is 0 Å². The minimum absolute atomic E-state index is 0.449. The Bertz CT molecular complexity index is 442. The van der Waals surface area contributed by atoms with E-state index in [4.69, 9.17) is 15.6 Å². The number of hydrogen-bond donors (Lipinski definition) is 3. The lowest BCUT2D eigenvalue weighted by molar-refractivity contribution is -0.159. The van der Waals surface area contributed by atoms with Crippen molar-refractivity contribution in [3.63, 3.8) is 0 Å². The molecule has 2 atom stereocenters. The standard InChI is InChI=1S/C13H22N2O7/c1-13(2,3)22-10(18)6-8(12(20)21-4)15-11(19)7(14)5-9(16)17/h7-8H,5-6,14H2,1-4H3,(H,15,19)(H,16,17)/t7-,8-/m1/s1. The highest BCUT2D eigenvalue weighted by Crippen LogP contribution is 2.10. The maximum absolute atomic E-state index is 11.7. The van der Waals surface area contributed by atoms with Gasteiger partial charge in [-0.05, 0) is 20.8 Å². The fraction of sp³-hybridized carbons (Fsp3) is 0.692. The Labute approximate surface area is 128 Å². The van der Waals surface area contributed by atoms with Crippen LogP contribution in [0.25, 0.3) is 0 Å². The maximum atomic E-state index is 11.7. The minimum Gasteiger partial charge on any atom is -0.481 e. The second kappa shape index (κ2) is 8.32. The molecule has 0 unspecified atom stereocenters. The molecule has 4 N–H and O–H groups in total. The number of amides is 1. The monoisotopic (exact) mass is 318 g/mol. The molecular formula is C13H22N2O7. The smallest absolute Gasteiger partial charge is 0.328 e. The van der Waals surface area contributed by atoms with Gasteiger partial charge in [0.15, 0.2) is 0 Å². The van der Waals surface area contributed by atoms with Gasteiger partial charge in [-0.1, -0.05) is 0 Å². The van der Waals surface area contributed by atoms with E-state index in [0.29, 0.717) is 0 Å². The van der Waals surface area contributed by atoms with Crippen LogP contribution in [0.5, 0.6) is 0 Å². The zero-order chi connectivity index (χ0) is 17.5. The number of nitrogens with two attached hydrogens (primary N) is 1. The molecule has 0 aromatic heterocycles. The predicted molar refractivity (Wildman–Crippen MR) is 74.6 cm³/mol. The van der Waals surface area contributed by atoms with Gasteiger partial charge in [0.1, 0.15) is 11.6 Å². The van der Waals surface area contributed by atoms with Gasteiger partial charge in [-0.15, -0.1) is 0 Å². The number of hydrogen-bond acceptors (Lipinski definition) is 7. The van der Waals surface area contributed by atoms with E-state index in [1.54, 1.807) is 20.8 Å². The minimum atomic E-state index is -1.34. The first-order chi connectivity index (χ1) is 9.96. The largest absolute Gasteiger partial charge is 0.481 e. The molecule has 0 aromatic rings. The molecule has 0 heterocycles. The Morgan fingerprint density at radius 3 is 2.14 bits per heavy atom. The number of aliphatic carboxylic acids is 1. The van der Waals surface area contributed by atoms with Crippen molar-refractivity contribution in [3.05, 3.63) is 0 Å². The van der Waals surface area contributed by atoms with Gasteiger partial charge in [-0.2, -0.15) is 0 Å². The highest BCUT2D eigenvalue weighted by atomic mass is 16.6. The molecule has 0 fully saturated rings. The summed E-state index contributed by atoms with van der Waals surface area (Å²) in [6.07, 6.45) is -1.05. The summed E-state index contributed by atoms with van der Waals surface area (Å²) in [4.78, 5) is 45.5. The molecular weight excluding hydrogens is 296 g/mol. The summed E-state index contributed by atoms with van der Waals surface area (Å²) >= 11 is 0. The molecule has 0 aliphatic heterocycles. The van der Waals surface area contributed by atoms with Gasteiger partial charge in [0.25, 0.3) is 0 Å². The predicted octanol–water partition coefficient (Wildman–Crippen LogP) is -0.822. The van der Waals surface area contributed by atoms with Crippen LogP contribution < -0.4 is 11.1 Å². The average Bonchev–Trinajstić information content (AvgIpc) is 2.33. The number of carbonyl (C=O) groups excluding carboxylic acids is 3. The van der Waals surface area contributed by atoms with E-state index in [9.17, 15) is 19.2 Å². The van der Waals surface area contributed by atoms with E-state index in [-0.39, 0.29) is 0 Å². The molecule has 0 aromatic carbocycles. The van der Waals surface area contributed by atoms with Crippen molar-refractivity contribution < 1.29 is 33.8 Å².